The van der Waals surface area contributed by atoms with Crippen molar-refractivity contribution in [2.24, 2.45) is 0 Å². The Labute approximate surface area is 122 Å². The van der Waals surface area contributed by atoms with Crippen molar-refractivity contribution < 1.29 is 8.78 Å². The highest BCUT2D eigenvalue weighted by molar-refractivity contribution is 7.98. The van der Waals surface area contributed by atoms with Crippen LogP contribution < -0.4 is 5.56 Å². The van der Waals surface area contributed by atoms with E-state index in [4.69, 9.17) is 0 Å². The van der Waals surface area contributed by atoms with Crippen molar-refractivity contribution in [3.05, 3.63) is 57.5 Å². The number of hydrogen-bond acceptors (Lipinski definition) is 4. The fraction of sp³-hybridized carbons (Fsp3) is 0.154. The summed E-state index contributed by atoms with van der Waals surface area (Å²) < 4.78 is 28.4. The van der Waals surface area contributed by atoms with Gasteiger partial charge in [-0.1, -0.05) is 11.8 Å². The molecule has 21 heavy (non-hydrogen) atoms. The average molecular weight is 308 g/mol. The summed E-state index contributed by atoms with van der Waals surface area (Å²) in [5.41, 5.74) is 0.653. The van der Waals surface area contributed by atoms with Crippen LogP contribution in [0, 0.1) is 18.6 Å². The second kappa shape index (κ2) is 5.28. The molecule has 2 heterocycles. The van der Waals surface area contributed by atoms with E-state index in [-0.39, 0.29) is 16.9 Å². The Morgan fingerprint density at radius 3 is 2.90 bits per heavy atom. The number of rotatable bonds is 3. The predicted molar refractivity (Wildman–Crippen MR) is 74.3 cm³/mol. The lowest BCUT2D eigenvalue weighted by molar-refractivity contribution is 0.591. The standard InChI is InChI=1S/C13H10F2N4OS/c1-7-4-11(20)16-12-17-18-13(19(7)12)21-6-8-5-9(14)2-3-10(8)15/h2-5H,6H2,1H3,(H,16,17,20). The molecule has 0 spiro atoms. The first kappa shape index (κ1) is 13.7. The van der Waals surface area contributed by atoms with Gasteiger partial charge in [-0.2, -0.15) is 0 Å². The van der Waals surface area contributed by atoms with E-state index >= 15 is 0 Å². The molecule has 0 saturated heterocycles. The summed E-state index contributed by atoms with van der Waals surface area (Å²) in [4.78, 5) is 13.9. The average Bonchev–Trinajstić information content (AvgIpc) is 2.83. The smallest absolute Gasteiger partial charge is 0.252 e. The normalized spacial score (nSPS) is 11.2. The lowest BCUT2D eigenvalue weighted by Gasteiger charge is -2.04. The molecule has 0 aliphatic heterocycles. The van der Waals surface area contributed by atoms with Crippen LogP contribution in [0.3, 0.4) is 0 Å². The van der Waals surface area contributed by atoms with Gasteiger partial charge < -0.3 is 0 Å². The number of H-pyrrole nitrogens is 1. The van der Waals surface area contributed by atoms with Crippen LogP contribution in [0.25, 0.3) is 5.78 Å². The zero-order valence-corrected chi connectivity index (χ0v) is 11.7. The third-order valence-corrected chi connectivity index (χ3v) is 3.90. The summed E-state index contributed by atoms with van der Waals surface area (Å²) in [5.74, 6) is -0.424. The molecule has 0 aliphatic rings. The Morgan fingerprint density at radius 2 is 2.10 bits per heavy atom. The maximum atomic E-state index is 13.6. The minimum atomic E-state index is -0.487. The van der Waals surface area contributed by atoms with Gasteiger partial charge in [-0.15, -0.1) is 10.2 Å². The zero-order valence-electron chi connectivity index (χ0n) is 10.9. The lowest BCUT2D eigenvalue weighted by Crippen LogP contribution is -2.09. The highest BCUT2D eigenvalue weighted by atomic mass is 32.2. The molecule has 1 N–H and O–H groups in total. The number of nitrogens with zero attached hydrogens (tertiary/aromatic N) is 3. The molecule has 0 fully saturated rings. The van der Waals surface area contributed by atoms with Gasteiger partial charge >= 0.3 is 0 Å². The quantitative estimate of drug-likeness (QED) is 0.754. The predicted octanol–water partition coefficient (Wildman–Crippen LogP) is 2.30. The number of thioether (sulfide) groups is 1. The summed E-state index contributed by atoms with van der Waals surface area (Å²) >= 11 is 1.21. The molecule has 3 aromatic rings. The molecule has 0 saturated carbocycles. The maximum Gasteiger partial charge on any atom is 0.252 e. The van der Waals surface area contributed by atoms with E-state index in [1.54, 1.807) is 11.3 Å². The summed E-state index contributed by atoms with van der Waals surface area (Å²) in [7, 11) is 0. The van der Waals surface area contributed by atoms with Crippen molar-refractivity contribution in [2.45, 2.75) is 17.8 Å². The van der Waals surface area contributed by atoms with Gasteiger partial charge in [0.15, 0.2) is 5.16 Å². The van der Waals surface area contributed by atoms with Crippen LogP contribution in [0.5, 0.6) is 0 Å². The van der Waals surface area contributed by atoms with Crippen LogP contribution in [0.15, 0.2) is 34.2 Å². The van der Waals surface area contributed by atoms with Crippen molar-refractivity contribution >= 4 is 17.5 Å². The third kappa shape index (κ3) is 2.66. The number of hydrogen-bond donors (Lipinski definition) is 1. The molecule has 5 nitrogen and oxygen atoms in total. The van der Waals surface area contributed by atoms with Crippen LogP contribution in [0.4, 0.5) is 8.78 Å². The Bertz CT molecular complexity index is 874. The van der Waals surface area contributed by atoms with Crippen LogP contribution in [-0.4, -0.2) is 19.6 Å². The molecule has 0 amide bonds. The van der Waals surface area contributed by atoms with E-state index in [2.05, 4.69) is 15.2 Å². The van der Waals surface area contributed by atoms with Gasteiger partial charge in [-0.05, 0) is 25.1 Å². The number of benzene rings is 1. The molecule has 0 unspecified atom stereocenters. The van der Waals surface area contributed by atoms with E-state index < -0.39 is 11.6 Å². The molecular formula is C13H10F2N4OS. The summed E-state index contributed by atoms with van der Waals surface area (Å²) in [6, 6.07) is 4.74. The summed E-state index contributed by atoms with van der Waals surface area (Å²) in [5, 5.41) is 8.32. The van der Waals surface area contributed by atoms with Gasteiger partial charge in [0.25, 0.3) is 5.56 Å². The SMILES string of the molecule is Cc1cc(=O)[nH]c2nnc(SCc3cc(F)ccc3F)n12. The van der Waals surface area contributed by atoms with Crippen molar-refractivity contribution in [3.63, 3.8) is 0 Å². The van der Waals surface area contributed by atoms with Gasteiger partial charge in [0.05, 0.1) is 0 Å². The van der Waals surface area contributed by atoms with E-state index in [9.17, 15) is 13.6 Å². The lowest BCUT2D eigenvalue weighted by atomic mass is 10.2. The van der Waals surface area contributed by atoms with Crippen LogP contribution >= 0.6 is 11.8 Å². The molecule has 2 aromatic heterocycles. The minimum absolute atomic E-state index is 0.211. The van der Waals surface area contributed by atoms with Gasteiger partial charge in [0.1, 0.15) is 11.6 Å². The first-order valence-electron chi connectivity index (χ1n) is 6.06. The molecule has 1 aromatic carbocycles. The Morgan fingerprint density at radius 1 is 1.29 bits per heavy atom. The minimum Gasteiger partial charge on any atom is -0.291 e. The molecule has 8 heteroatoms. The number of halogens is 2. The van der Waals surface area contributed by atoms with E-state index in [0.29, 0.717) is 16.6 Å². The molecule has 0 aliphatic carbocycles. The van der Waals surface area contributed by atoms with E-state index in [1.807, 2.05) is 0 Å². The number of aromatic nitrogens is 4. The van der Waals surface area contributed by atoms with Gasteiger partial charge in [-0.3, -0.25) is 14.2 Å². The highest BCUT2D eigenvalue weighted by Crippen LogP contribution is 2.23. The second-order valence-corrected chi connectivity index (χ2v) is 5.38. The topological polar surface area (TPSA) is 63.0 Å². The Balaban J connectivity index is 1.92. The van der Waals surface area contributed by atoms with Gasteiger partial charge in [-0.25, -0.2) is 8.78 Å². The molecule has 3 rings (SSSR count). The van der Waals surface area contributed by atoms with Crippen molar-refractivity contribution in [3.8, 4) is 0 Å². The van der Waals surface area contributed by atoms with Crippen LogP contribution in [0.2, 0.25) is 0 Å². The Kier molecular flexibility index (Phi) is 3.46. The van der Waals surface area contributed by atoms with Crippen molar-refractivity contribution in [1.29, 1.82) is 0 Å². The molecule has 108 valence electrons. The third-order valence-electron chi connectivity index (χ3n) is 2.93. The summed E-state index contributed by atoms with van der Waals surface area (Å²) in [6.45, 7) is 1.75. The Hall–Kier alpha value is -2.22. The fourth-order valence-corrected chi connectivity index (χ4v) is 2.92. The first-order valence-corrected chi connectivity index (χ1v) is 7.05. The number of aryl methyl sites for hydroxylation is 1. The maximum absolute atomic E-state index is 13.6. The van der Waals surface area contributed by atoms with E-state index in [0.717, 1.165) is 18.2 Å². The van der Waals surface area contributed by atoms with Crippen LogP contribution in [0.1, 0.15) is 11.3 Å². The van der Waals surface area contributed by atoms with E-state index in [1.165, 1.54) is 17.8 Å². The van der Waals surface area contributed by atoms with Gasteiger partial charge in [0.2, 0.25) is 5.78 Å². The molecular weight excluding hydrogens is 298 g/mol. The monoisotopic (exact) mass is 308 g/mol. The fourth-order valence-electron chi connectivity index (χ4n) is 1.96. The van der Waals surface area contributed by atoms with Gasteiger partial charge in [0, 0.05) is 23.1 Å². The molecule has 0 radical (unpaired) electrons. The molecule has 0 bridgehead atoms. The molecule has 0 atom stereocenters. The highest BCUT2D eigenvalue weighted by Gasteiger charge is 2.11. The number of nitrogens with one attached hydrogen (secondary N) is 1. The number of fused-ring (bicyclic) bond motifs is 1. The van der Waals surface area contributed by atoms with Crippen molar-refractivity contribution in [1.82, 2.24) is 19.6 Å². The second-order valence-electron chi connectivity index (χ2n) is 4.44. The summed E-state index contributed by atoms with van der Waals surface area (Å²) in [6.07, 6.45) is 0. The van der Waals surface area contributed by atoms with Crippen LogP contribution in [-0.2, 0) is 5.75 Å². The van der Waals surface area contributed by atoms with Crippen molar-refractivity contribution in [2.75, 3.05) is 0 Å². The number of aromatic amines is 1. The zero-order chi connectivity index (χ0) is 15.0. The first-order chi connectivity index (χ1) is 10.0. The largest absolute Gasteiger partial charge is 0.291 e.